The van der Waals surface area contributed by atoms with E-state index in [2.05, 4.69) is 24.3 Å². The molecule has 1 aromatic carbocycles. The average molecular weight is 261 g/mol. The maximum absolute atomic E-state index is 10.4. The molecule has 2 nitrogen and oxygen atoms in total. The van der Waals surface area contributed by atoms with E-state index in [4.69, 9.17) is 16.3 Å². The molecule has 3 heteroatoms. The molecule has 0 atom stereocenters. The molecule has 0 fully saturated rings. The number of carbonyl (C=O) groups is 1. The van der Waals surface area contributed by atoms with Gasteiger partial charge in [0.1, 0.15) is 5.75 Å². The van der Waals surface area contributed by atoms with Crippen molar-refractivity contribution in [3.8, 4) is 16.9 Å². The van der Waals surface area contributed by atoms with Crippen LogP contribution >= 0.6 is 11.6 Å². The van der Waals surface area contributed by atoms with Crippen LogP contribution in [0.4, 0.5) is 0 Å². The lowest BCUT2D eigenvalue weighted by molar-refractivity contribution is 0.112. The van der Waals surface area contributed by atoms with E-state index in [1.807, 2.05) is 6.92 Å². The van der Waals surface area contributed by atoms with Gasteiger partial charge in [-0.1, -0.05) is 35.9 Å². The highest BCUT2D eigenvalue weighted by Gasteiger charge is 2.07. The summed E-state index contributed by atoms with van der Waals surface area (Å²) in [5.74, 6) is 0.559. The highest BCUT2D eigenvalue weighted by atomic mass is 35.5. The standard InChI is InChI=1S/C9H9ClO2.C6H4/c1-2-12-8-5-3-4-7(6-11)9(8)10;1-2-5-4-6(5)3-1/h3-6H,2H2,1H3;1-4H. The van der Waals surface area contributed by atoms with Gasteiger partial charge in [0.2, 0.25) is 0 Å². The van der Waals surface area contributed by atoms with Gasteiger partial charge in [-0.3, -0.25) is 4.79 Å². The zero-order valence-corrected chi connectivity index (χ0v) is 10.8. The highest BCUT2D eigenvalue weighted by Crippen LogP contribution is 2.32. The summed E-state index contributed by atoms with van der Waals surface area (Å²) in [6.45, 7) is 2.41. The largest absolute Gasteiger partial charge is 0.492 e. The van der Waals surface area contributed by atoms with E-state index >= 15 is 0 Å². The van der Waals surface area contributed by atoms with Crippen molar-refractivity contribution in [2.45, 2.75) is 6.92 Å². The van der Waals surface area contributed by atoms with E-state index in [0.717, 1.165) is 0 Å². The molecule has 2 aliphatic carbocycles. The van der Waals surface area contributed by atoms with Crippen LogP contribution in [0.5, 0.6) is 5.75 Å². The minimum absolute atomic E-state index is 0.384. The van der Waals surface area contributed by atoms with E-state index in [9.17, 15) is 4.79 Å². The molecule has 2 aliphatic rings. The van der Waals surface area contributed by atoms with Gasteiger partial charge in [0.25, 0.3) is 0 Å². The summed E-state index contributed by atoms with van der Waals surface area (Å²) in [4.78, 5) is 10.4. The van der Waals surface area contributed by atoms with Crippen LogP contribution in [0.15, 0.2) is 42.5 Å². The minimum atomic E-state index is 0.384. The normalized spacial score (nSPS) is 10.1. The van der Waals surface area contributed by atoms with Gasteiger partial charge < -0.3 is 4.74 Å². The van der Waals surface area contributed by atoms with E-state index in [-0.39, 0.29) is 0 Å². The fourth-order valence-electron chi connectivity index (χ4n) is 1.56. The quantitative estimate of drug-likeness (QED) is 0.659. The Hall–Kier alpha value is -1.80. The lowest BCUT2D eigenvalue weighted by Crippen LogP contribution is -1.93. The molecule has 18 heavy (non-hydrogen) atoms. The van der Waals surface area contributed by atoms with Gasteiger partial charge in [0, 0.05) is 5.56 Å². The molecule has 0 spiro atoms. The van der Waals surface area contributed by atoms with Crippen LogP contribution in [0.1, 0.15) is 17.3 Å². The van der Waals surface area contributed by atoms with Crippen molar-refractivity contribution in [3.63, 3.8) is 0 Å². The summed E-state index contributed by atoms with van der Waals surface area (Å²) in [6, 6.07) is 13.6. The number of halogens is 1. The van der Waals surface area contributed by atoms with Crippen LogP contribution in [0.25, 0.3) is 11.1 Å². The summed E-state index contributed by atoms with van der Waals surface area (Å²) in [5.41, 5.74) is 3.31. The van der Waals surface area contributed by atoms with Gasteiger partial charge >= 0.3 is 0 Å². The van der Waals surface area contributed by atoms with Crippen LogP contribution in [0.3, 0.4) is 0 Å². The Labute approximate surface area is 111 Å². The Kier molecular flexibility index (Phi) is 4.00. The lowest BCUT2D eigenvalue weighted by Gasteiger charge is -2.05. The number of hydrogen-bond donors (Lipinski definition) is 0. The fourth-order valence-corrected chi connectivity index (χ4v) is 1.79. The van der Waals surface area contributed by atoms with Gasteiger partial charge in [-0.15, -0.1) is 0 Å². The van der Waals surface area contributed by atoms with Crippen molar-refractivity contribution in [1.29, 1.82) is 0 Å². The average Bonchev–Trinajstić information content (AvgIpc) is 3.00. The Balaban J connectivity index is 0.000000164. The van der Waals surface area contributed by atoms with Gasteiger partial charge in [-0.25, -0.2) is 0 Å². The van der Waals surface area contributed by atoms with E-state index in [0.29, 0.717) is 29.2 Å². The summed E-state index contributed by atoms with van der Waals surface area (Å²) >= 11 is 5.83. The number of hydrogen-bond acceptors (Lipinski definition) is 2. The van der Waals surface area contributed by atoms with Gasteiger partial charge in [0.05, 0.1) is 11.6 Å². The van der Waals surface area contributed by atoms with Crippen molar-refractivity contribution >= 4 is 17.9 Å². The second-order valence-corrected chi connectivity index (χ2v) is 4.17. The molecular weight excluding hydrogens is 248 g/mol. The van der Waals surface area contributed by atoms with Crippen molar-refractivity contribution in [2.75, 3.05) is 6.61 Å². The molecule has 0 saturated carbocycles. The Morgan fingerprint density at radius 3 is 2.28 bits per heavy atom. The maximum atomic E-state index is 10.4. The first-order valence-corrected chi connectivity index (χ1v) is 6.11. The molecule has 0 aromatic heterocycles. The molecule has 92 valence electrons. The van der Waals surface area contributed by atoms with Crippen LogP contribution in [-0.2, 0) is 0 Å². The molecule has 0 amide bonds. The third-order valence-corrected chi connectivity index (χ3v) is 2.94. The summed E-state index contributed by atoms with van der Waals surface area (Å²) in [6.07, 6.45) is 0.713. The van der Waals surface area contributed by atoms with Gasteiger partial charge in [-0.05, 0) is 36.2 Å². The summed E-state index contributed by atoms with van der Waals surface area (Å²) in [5, 5.41) is 0.384. The zero-order chi connectivity index (χ0) is 13.0. The predicted molar refractivity (Wildman–Crippen MR) is 73.4 cm³/mol. The predicted octanol–water partition coefficient (Wildman–Crippen LogP) is 4.22. The van der Waals surface area contributed by atoms with Crippen LogP contribution in [-0.4, -0.2) is 12.9 Å². The first-order valence-electron chi connectivity index (χ1n) is 5.73. The van der Waals surface area contributed by atoms with Gasteiger partial charge in [0.15, 0.2) is 6.29 Å². The summed E-state index contributed by atoms with van der Waals surface area (Å²) < 4.78 is 5.19. The molecule has 0 aliphatic heterocycles. The minimum Gasteiger partial charge on any atom is -0.492 e. The third kappa shape index (κ3) is 2.90. The second-order valence-electron chi connectivity index (χ2n) is 3.79. The molecule has 1 aromatic rings. The summed E-state index contributed by atoms with van der Waals surface area (Å²) in [7, 11) is 0. The molecule has 0 unspecified atom stereocenters. The topological polar surface area (TPSA) is 26.3 Å². The highest BCUT2D eigenvalue weighted by molar-refractivity contribution is 6.34. The molecular formula is C15H13ClO2. The molecule has 0 N–H and O–H groups in total. The molecule has 0 heterocycles. The van der Waals surface area contributed by atoms with Crippen LogP contribution in [0.2, 0.25) is 5.02 Å². The molecule has 3 rings (SSSR count). The Morgan fingerprint density at radius 2 is 1.83 bits per heavy atom. The van der Waals surface area contributed by atoms with Crippen molar-refractivity contribution in [2.24, 2.45) is 0 Å². The first-order chi connectivity index (χ1) is 8.76. The van der Waals surface area contributed by atoms with Crippen molar-refractivity contribution < 1.29 is 9.53 Å². The number of rotatable bonds is 3. The zero-order valence-electron chi connectivity index (χ0n) is 10.0. The smallest absolute Gasteiger partial charge is 0.151 e. The third-order valence-electron chi connectivity index (χ3n) is 2.53. The SMILES string of the molecule is CCOc1cccc(C=O)c1Cl.c1cc2cc-2c1. The number of fused-ring (bicyclic) bond motifs is 1. The van der Waals surface area contributed by atoms with Crippen LogP contribution in [0, 0.1) is 0 Å². The second kappa shape index (κ2) is 5.69. The van der Waals surface area contributed by atoms with E-state index < -0.39 is 0 Å². The molecule has 0 bridgehead atoms. The first kappa shape index (κ1) is 12.7. The number of carbonyl (C=O) groups excluding carboxylic acids is 1. The Bertz CT molecular complexity index is 547. The van der Waals surface area contributed by atoms with Gasteiger partial charge in [-0.2, -0.15) is 0 Å². The molecule has 0 radical (unpaired) electrons. The van der Waals surface area contributed by atoms with E-state index in [1.54, 1.807) is 18.2 Å². The monoisotopic (exact) mass is 260 g/mol. The number of aldehydes is 1. The maximum Gasteiger partial charge on any atom is 0.151 e. The van der Waals surface area contributed by atoms with Crippen molar-refractivity contribution in [3.05, 3.63) is 53.1 Å². The van der Waals surface area contributed by atoms with E-state index in [1.165, 1.54) is 11.1 Å². The number of ether oxygens (including phenoxy) is 1. The fraction of sp³-hybridized carbons (Fsp3) is 0.133. The number of benzene rings is 2. The lowest BCUT2D eigenvalue weighted by atomic mass is 10.2. The van der Waals surface area contributed by atoms with Crippen LogP contribution < -0.4 is 4.74 Å². The van der Waals surface area contributed by atoms with Crippen molar-refractivity contribution in [1.82, 2.24) is 0 Å². The Morgan fingerprint density at radius 1 is 1.17 bits per heavy atom. The molecule has 0 saturated heterocycles.